The molecule has 11 heteroatoms. The highest BCUT2D eigenvalue weighted by Crippen LogP contribution is 2.39. The molecule has 0 atom stereocenters. The predicted octanol–water partition coefficient (Wildman–Crippen LogP) is 6.48. The van der Waals surface area contributed by atoms with Gasteiger partial charge in [-0.1, -0.05) is 60.9 Å². The van der Waals surface area contributed by atoms with Crippen LogP contribution in [0.3, 0.4) is 0 Å². The number of nitrogens with zero attached hydrogens (tertiary/aromatic N) is 3. The molecule has 0 fully saturated rings. The third-order valence-electron chi connectivity index (χ3n) is 6.05. The summed E-state index contributed by atoms with van der Waals surface area (Å²) in [6, 6.07) is 17.7. The van der Waals surface area contributed by atoms with E-state index < -0.39 is 5.41 Å². The summed E-state index contributed by atoms with van der Waals surface area (Å²) in [6.45, 7) is 4.21. The van der Waals surface area contributed by atoms with E-state index in [0.29, 0.717) is 21.4 Å². The lowest BCUT2D eigenvalue weighted by molar-refractivity contribution is 0.590. The van der Waals surface area contributed by atoms with E-state index in [1.807, 2.05) is 41.1 Å². The van der Waals surface area contributed by atoms with Crippen LogP contribution in [0.5, 0.6) is 0 Å². The average Bonchev–Trinajstić information content (AvgIpc) is 3.33. The Hall–Kier alpha value is -2.69. The third kappa shape index (κ3) is 5.76. The third-order valence-corrected chi connectivity index (χ3v) is 8.44. The van der Waals surface area contributed by atoms with E-state index in [0.717, 1.165) is 44.5 Å². The van der Waals surface area contributed by atoms with Crippen LogP contribution in [-0.2, 0) is 11.2 Å². The molecule has 1 aromatic heterocycles. The first-order valence-corrected chi connectivity index (χ1v) is 13.7. The zero-order valence-corrected chi connectivity index (χ0v) is 23.2. The van der Waals surface area contributed by atoms with Crippen molar-refractivity contribution >= 4 is 52.7 Å². The molecule has 0 amide bonds. The molecule has 192 valence electrons. The summed E-state index contributed by atoms with van der Waals surface area (Å²) in [7, 11) is 0. The van der Waals surface area contributed by atoms with Gasteiger partial charge in [-0.05, 0) is 71.6 Å². The van der Waals surface area contributed by atoms with Gasteiger partial charge in [-0.25, -0.2) is 9.37 Å². The summed E-state index contributed by atoms with van der Waals surface area (Å²) < 4.78 is 15.8. The number of thioether (sulfide) groups is 1. The molecular weight excluding hydrogens is 550 g/mol. The number of benzene rings is 3. The van der Waals surface area contributed by atoms with Crippen molar-refractivity contribution in [3.05, 3.63) is 105 Å². The number of nitrogens with two attached hydrogens (primary N) is 3. The molecule has 0 saturated heterocycles. The first-order valence-electron chi connectivity index (χ1n) is 11.1. The second-order valence-corrected chi connectivity index (χ2v) is 11.2. The number of hydrogen-bond donors (Lipinski definition) is 3. The summed E-state index contributed by atoms with van der Waals surface area (Å²) in [5.74, 6) is 5.77. The Bertz CT molecular complexity index is 1450. The maximum absolute atomic E-state index is 13.8. The highest BCUT2D eigenvalue weighted by atomic mass is 35.5. The maximum atomic E-state index is 13.8. The Morgan fingerprint density at radius 2 is 1.76 bits per heavy atom. The van der Waals surface area contributed by atoms with Gasteiger partial charge in [0.1, 0.15) is 5.82 Å². The first-order chi connectivity index (χ1) is 17.6. The SMILES string of the molecule is CC(C)(c1ccc(Cl)c(SN)c1)c1cnc(SCc2ccc(Cl)c(/C(N)=N/N)c2)n1-c1ccc(F)cc1. The lowest BCUT2D eigenvalue weighted by atomic mass is 9.81. The topological polar surface area (TPSA) is 108 Å². The fourth-order valence-electron chi connectivity index (χ4n) is 3.92. The zero-order chi connectivity index (χ0) is 26.7. The molecule has 4 aromatic rings. The second-order valence-electron chi connectivity index (χ2n) is 8.74. The van der Waals surface area contributed by atoms with Crippen LogP contribution in [0, 0.1) is 5.82 Å². The van der Waals surface area contributed by atoms with Gasteiger partial charge in [0.2, 0.25) is 0 Å². The minimum Gasteiger partial charge on any atom is -0.382 e. The van der Waals surface area contributed by atoms with Gasteiger partial charge in [0.25, 0.3) is 0 Å². The highest BCUT2D eigenvalue weighted by molar-refractivity contribution is 7.98. The predicted molar refractivity (Wildman–Crippen MR) is 153 cm³/mol. The Balaban J connectivity index is 1.76. The Morgan fingerprint density at radius 3 is 2.43 bits per heavy atom. The van der Waals surface area contributed by atoms with E-state index in [1.54, 1.807) is 18.2 Å². The van der Waals surface area contributed by atoms with Crippen molar-refractivity contribution in [2.75, 3.05) is 0 Å². The molecule has 0 unspecified atom stereocenters. The van der Waals surface area contributed by atoms with Gasteiger partial charge in [-0.2, -0.15) is 5.10 Å². The molecule has 0 spiro atoms. The zero-order valence-electron chi connectivity index (χ0n) is 20.1. The van der Waals surface area contributed by atoms with Gasteiger partial charge in [-0.15, -0.1) is 0 Å². The van der Waals surface area contributed by atoms with Gasteiger partial charge in [0.05, 0.1) is 21.9 Å². The largest absolute Gasteiger partial charge is 0.382 e. The number of amidine groups is 1. The van der Waals surface area contributed by atoms with Crippen LogP contribution < -0.4 is 16.7 Å². The molecule has 6 N–H and O–H groups in total. The van der Waals surface area contributed by atoms with Crippen molar-refractivity contribution in [2.45, 2.75) is 35.1 Å². The molecule has 37 heavy (non-hydrogen) atoms. The van der Waals surface area contributed by atoms with Crippen LogP contribution in [-0.4, -0.2) is 15.4 Å². The summed E-state index contributed by atoms with van der Waals surface area (Å²) in [5, 5.41) is 11.2. The van der Waals surface area contributed by atoms with Crippen molar-refractivity contribution in [1.29, 1.82) is 0 Å². The molecule has 0 saturated carbocycles. The van der Waals surface area contributed by atoms with Crippen LogP contribution >= 0.6 is 46.9 Å². The molecule has 4 rings (SSSR count). The van der Waals surface area contributed by atoms with Crippen LogP contribution in [0.1, 0.15) is 36.2 Å². The molecule has 0 aliphatic rings. The number of imidazole rings is 1. The average molecular weight is 576 g/mol. The van der Waals surface area contributed by atoms with Crippen molar-refractivity contribution in [1.82, 2.24) is 9.55 Å². The molecule has 3 aromatic carbocycles. The summed E-state index contributed by atoms with van der Waals surface area (Å²) >= 11 is 15.2. The normalized spacial score (nSPS) is 12.2. The van der Waals surface area contributed by atoms with Crippen LogP contribution in [0.4, 0.5) is 4.39 Å². The first kappa shape index (κ1) is 27.3. The Kier molecular flexibility index (Phi) is 8.40. The number of aromatic nitrogens is 2. The van der Waals surface area contributed by atoms with E-state index in [9.17, 15) is 4.39 Å². The van der Waals surface area contributed by atoms with Crippen LogP contribution in [0.15, 0.2) is 82.0 Å². The summed E-state index contributed by atoms with van der Waals surface area (Å²) in [4.78, 5) is 5.54. The van der Waals surface area contributed by atoms with E-state index in [2.05, 4.69) is 18.9 Å². The van der Waals surface area contributed by atoms with Crippen molar-refractivity contribution in [3.8, 4) is 5.69 Å². The lowest BCUT2D eigenvalue weighted by Crippen LogP contribution is -2.23. The molecule has 0 aliphatic heterocycles. The van der Waals surface area contributed by atoms with Gasteiger partial charge in [0, 0.05) is 27.3 Å². The molecule has 1 heterocycles. The molecular formula is C26H25Cl2FN6S2. The van der Waals surface area contributed by atoms with E-state index in [4.69, 9.17) is 44.9 Å². The molecule has 0 radical (unpaired) electrons. The quantitative estimate of drug-likeness (QED) is 0.0554. The van der Waals surface area contributed by atoms with Gasteiger partial charge in [-0.3, -0.25) is 9.71 Å². The molecule has 6 nitrogen and oxygen atoms in total. The highest BCUT2D eigenvalue weighted by Gasteiger charge is 2.30. The summed E-state index contributed by atoms with van der Waals surface area (Å²) in [5.41, 5.74) is 9.68. The Morgan fingerprint density at radius 1 is 1.05 bits per heavy atom. The van der Waals surface area contributed by atoms with Crippen molar-refractivity contribution in [3.63, 3.8) is 0 Å². The van der Waals surface area contributed by atoms with E-state index in [-0.39, 0.29) is 11.7 Å². The van der Waals surface area contributed by atoms with E-state index in [1.165, 1.54) is 23.9 Å². The van der Waals surface area contributed by atoms with Crippen molar-refractivity contribution < 1.29 is 4.39 Å². The van der Waals surface area contributed by atoms with Crippen LogP contribution in [0.25, 0.3) is 5.69 Å². The van der Waals surface area contributed by atoms with Crippen molar-refractivity contribution in [2.24, 2.45) is 21.8 Å². The number of rotatable bonds is 8. The maximum Gasteiger partial charge on any atom is 0.173 e. The monoisotopic (exact) mass is 574 g/mol. The molecule has 0 aliphatic carbocycles. The smallest absolute Gasteiger partial charge is 0.173 e. The minimum absolute atomic E-state index is 0.159. The fourth-order valence-corrected chi connectivity index (χ4v) is 5.70. The fraction of sp³-hybridized carbons (Fsp3) is 0.154. The lowest BCUT2D eigenvalue weighted by Gasteiger charge is -2.28. The second kappa shape index (κ2) is 11.4. The minimum atomic E-state index is -0.477. The Labute approximate surface area is 233 Å². The summed E-state index contributed by atoms with van der Waals surface area (Å²) in [6.07, 6.45) is 1.85. The number of halogens is 3. The number of hydrogen-bond acceptors (Lipinski definition) is 6. The molecule has 0 bridgehead atoms. The van der Waals surface area contributed by atoms with Crippen LogP contribution in [0.2, 0.25) is 10.0 Å². The number of hydrazone groups is 1. The van der Waals surface area contributed by atoms with Gasteiger partial charge < -0.3 is 11.6 Å². The van der Waals surface area contributed by atoms with E-state index >= 15 is 0 Å². The standard InChI is InChI=1S/C26H25Cl2FN6S2/c1-26(2,16-4-10-21(28)22(12-16)37-32)23-13-33-25(35(23)18-7-5-17(29)6-8-18)36-14-15-3-9-20(27)19(11-15)24(30)34-31/h3-13H,14,31-32H2,1-2H3,(H2,30,34). The van der Waals surface area contributed by atoms with Gasteiger partial charge >= 0.3 is 0 Å². The van der Waals surface area contributed by atoms with Gasteiger partial charge in [0.15, 0.2) is 11.0 Å².